The van der Waals surface area contributed by atoms with Gasteiger partial charge in [-0.2, -0.15) is 0 Å². The molecule has 104 valence electrons. The number of hydrogen-bond donors (Lipinski definition) is 1. The molecule has 0 aliphatic carbocycles. The maximum absolute atomic E-state index is 12.3. The molecule has 0 unspecified atom stereocenters. The largest absolute Gasteiger partial charge is 0.332 e. The fourth-order valence-electron chi connectivity index (χ4n) is 1.42. The number of carbonyl (C=O) groups is 2. The Labute approximate surface area is 115 Å². The van der Waals surface area contributed by atoms with Gasteiger partial charge in [-0.05, 0) is 0 Å². The van der Waals surface area contributed by atoms with E-state index in [1.165, 1.54) is 11.8 Å². The van der Waals surface area contributed by atoms with Crippen LogP contribution in [0.2, 0.25) is 0 Å². The molecule has 0 radical (unpaired) electrons. The van der Waals surface area contributed by atoms with Crippen LogP contribution in [0.1, 0.15) is 17.9 Å². The maximum atomic E-state index is 12.3. The number of nitrogens with zero attached hydrogens (tertiary/aromatic N) is 3. The Morgan fingerprint density at radius 1 is 1.47 bits per heavy atom. The van der Waals surface area contributed by atoms with Crippen LogP contribution in [-0.2, 0) is 4.79 Å². The zero-order valence-corrected chi connectivity index (χ0v) is 11.3. The summed E-state index contributed by atoms with van der Waals surface area (Å²) in [5.74, 6) is 0.357. The van der Waals surface area contributed by atoms with Gasteiger partial charge < -0.3 is 10.2 Å². The highest BCUT2D eigenvalue weighted by atomic mass is 32.2. The lowest BCUT2D eigenvalue weighted by Crippen LogP contribution is -2.27. The van der Waals surface area contributed by atoms with Crippen molar-refractivity contribution < 1.29 is 18.4 Å². The molecule has 2 rings (SSSR count). The van der Waals surface area contributed by atoms with E-state index in [9.17, 15) is 18.4 Å². The van der Waals surface area contributed by atoms with E-state index in [4.69, 9.17) is 0 Å². The van der Waals surface area contributed by atoms with Gasteiger partial charge in [0.25, 0.3) is 11.7 Å². The van der Waals surface area contributed by atoms with Crippen molar-refractivity contribution in [1.82, 2.24) is 15.1 Å². The van der Waals surface area contributed by atoms with Crippen LogP contribution in [-0.4, -0.2) is 45.1 Å². The van der Waals surface area contributed by atoms with Gasteiger partial charge in [-0.15, -0.1) is 10.2 Å². The summed E-state index contributed by atoms with van der Waals surface area (Å²) in [6, 6.07) is 0. The standard InChI is InChI=1S/C9H10F2N4O2S2/c10-6(11)7-13-14-8(19-7)12-5(16)1-2-15-3-4-18-9(15)17/h6H,1-4H2,(H,12,14,16). The Kier molecular flexibility index (Phi) is 4.64. The summed E-state index contributed by atoms with van der Waals surface area (Å²) in [6.07, 6.45) is -2.59. The Bertz CT molecular complexity index is 483. The monoisotopic (exact) mass is 308 g/mol. The van der Waals surface area contributed by atoms with Gasteiger partial charge in [0.2, 0.25) is 11.0 Å². The summed E-state index contributed by atoms with van der Waals surface area (Å²) >= 11 is 1.86. The first-order valence-electron chi connectivity index (χ1n) is 5.39. The van der Waals surface area contributed by atoms with Crippen LogP contribution in [0.15, 0.2) is 0 Å². The highest BCUT2D eigenvalue weighted by Gasteiger charge is 2.21. The predicted octanol–water partition coefficient (Wildman–Crippen LogP) is 1.97. The van der Waals surface area contributed by atoms with Gasteiger partial charge in [0.05, 0.1) is 0 Å². The third kappa shape index (κ3) is 3.83. The van der Waals surface area contributed by atoms with Gasteiger partial charge in [-0.25, -0.2) is 8.78 Å². The molecule has 1 N–H and O–H groups in total. The number of aromatic nitrogens is 2. The quantitative estimate of drug-likeness (QED) is 0.900. The number of alkyl halides is 2. The van der Waals surface area contributed by atoms with Crippen LogP contribution in [0.4, 0.5) is 18.7 Å². The molecule has 0 bridgehead atoms. The van der Waals surface area contributed by atoms with Crippen LogP contribution >= 0.6 is 23.1 Å². The molecule has 19 heavy (non-hydrogen) atoms. The first-order valence-corrected chi connectivity index (χ1v) is 7.19. The molecule has 2 amide bonds. The normalized spacial score (nSPS) is 15.3. The molecule has 0 saturated carbocycles. The minimum absolute atomic E-state index is 0.0382. The summed E-state index contributed by atoms with van der Waals surface area (Å²) in [5, 5.41) is 8.66. The van der Waals surface area contributed by atoms with Crippen molar-refractivity contribution >= 4 is 39.4 Å². The van der Waals surface area contributed by atoms with Gasteiger partial charge in [0, 0.05) is 25.3 Å². The first kappa shape index (κ1) is 14.1. The minimum atomic E-state index is -2.69. The van der Waals surface area contributed by atoms with E-state index < -0.39 is 11.4 Å². The minimum Gasteiger partial charge on any atom is -0.332 e. The fourth-order valence-corrected chi connectivity index (χ4v) is 2.89. The number of carbonyl (C=O) groups excluding carboxylic acids is 2. The van der Waals surface area contributed by atoms with E-state index in [0.717, 1.165) is 5.75 Å². The number of amides is 2. The van der Waals surface area contributed by atoms with Crippen LogP contribution < -0.4 is 5.32 Å². The summed E-state index contributed by atoms with van der Waals surface area (Å²) in [6.45, 7) is 0.948. The molecule has 6 nitrogen and oxygen atoms in total. The second-order valence-corrected chi connectivity index (χ2v) is 5.70. The van der Waals surface area contributed by atoms with Crippen molar-refractivity contribution in [1.29, 1.82) is 0 Å². The summed E-state index contributed by atoms with van der Waals surface area (Å²) < 4.78 is 24.5. The van der Waals surface area contributed by atoms with E-state index in [2.05, 4.69) is 15.5 Å². The van der Waals surface area contributed by atoms with Gasteiger partial charge in [-0.3, -0.25) is 9.59 Å². The van der Waals surface area contributed by atoms with Crippen molar-refractivity contribution in [2.75, 3.05) is 24.2 Å². The summed E-state index contributed by atoms with van der Waals surface area (Å²) in [4.78, 5) is 24.4. The number of hydrogen-bond acceptors (Lipinski definition) is 6. The number of anilines is 1. The van der Waals surface area contributed by atoms with E-state index in [1.807, 2.05) is 0 Å². The number of thioether (sulfide) groups is 1. The van der Waals surface area contributed by atoms with E-state index in [-0.39, 0.29) is 22.7 Å². The van der Waals surface area contributed by atoms with Crippen LogP contribution in [0, 0.1) is 0 Å². The molecule has 0 atom stereocenters. The zero-order valence-electron chi connectivity index (χ0n) is 9.64. The SMILES string of the molecule is O=C(CCN1CCSC1=O)Nc1nnc(C(F)F)s1. The second-order valence-electron chi connectivity index (χ2n) is 3.65. The average molecular weight is 308 g/mol. The molecule has 1 aliphatic heterocycles. The smallest absolute Gasteiger partial charge is 0.291 e. The van der Waals surface area contributed by atoms with Crippen LogP contribution in [0.5, 0.6) is 0 Å². The molecule has 1 saturated heterocycles. The molecule has 1 aliphatic rings. The third-order valence-corrected chi connectivity index (χ3v) is 4.07. The van der Waals surface area contributed by atoms with Gasteiger partial charge >= 0.3 is 0 Å². The maximum Gasteiger partial charge on any atom is 0.291 e. The molecule has 0 spiro atoms. The Balaban J connectivity index is 1.78. The molecule has 2 heterocycles. The zero-order chi connectivity index (χ0) is 13.8. The first-order chi connectivity index (χ1) is 9.06. The van der Waals surface area contributed by atoms with Crippen molar-refractivity contribution in [2.45, 2.75) is 12.8 Å². The summed E-state index contributed by atoms with van der Waals surface area (Å²) in [5.41, 5.74) is 0. The van der Waals surface area contributed by atoms with Crippen molar-refractivity contribution in [2.24, 2.45) is 0 Å². The molecule has 0 aromatic carbocycles. The second kappa shape index (κ2) is 6.24. The number of halogens is 2. The molecule has 1 aromatic heterocycles. The number of rotatable bonds is 5. The molecular formula is C9H10F2N4O2S2. The Morgan fingerprint density at radius 3 is 2.84 bits per heavy atom. The molecule has 1 aromatic rings. The van der Waals surface area contributed by atoms with Gasteiger partial charge in [0.1, 0.15) is 0 Å². The molecular weight excluding hydrogens is 298 g/mol. The highest BCUT2D eigenvalue weighted by Crippen LogP contribution is 2.25. The fraction of sp³-hybridized carbons (Fsp3) is 0.556. The van der Waals surface area contributed by atoms with E-state index >= 15 is 0 Å². The highest BCUT2D eigenvalue weighted by molar-refractivity contribution is 8.13. The third-order valence-electron chi connectivity index (χ3n) is 2.33. The molecule has 10 heteroatoms. The van der Waals surface area contributed by atoms with Gasteiger partial charge in [0.15, 0.2) is 5.01 Å². The topological polar surface area (TPSA) is 75.2 Å². The number of nitrogens with one attached hydrogen (secondary N) is 1. The molecule has 1 fully saturated rings. The summed E-state index contributed by atoms with van der Waals surface area (Å²) in [7, 11) is 0. The Hall–Kier alpha value is -1.29. The van der Waals surface area contributed by atoms with Crippen molar-refractivity contribution in [3.63, 3.8) is 0 Å². The van der Waals surface area contributed by atoms with Crippen LogP contribution in [0.25, 0.3) is 0 Å². The van der Waals surface area contributed by atoms with Crippen molar-refractivity contribution in [3.05, 3.63) is 5.01 Å². The lowest BCUT2D eigenvalue weighted by Gasteiger charge is -2.13. The lowest BCUT2D eigenvalue weighted by atomic mass is 10.4. The van der Waals surface area contributed by atoms with E-state index in [0.29, 0.717) is 24.4 Å². The average Bonchev–Trinajstić information content (AvgIpc) is 2.96. The van der Waals surface area contributed by atoms with Crippen LogP contribution in [0.3, 0.4) is 0 Å². The predicted molar refractivity (Wildman–Crippen MR) is 67.5 cm³/mol. The lowest BCUT2D eigenvalue weighted by molar-refractivity contribution is -0.116. The van der Waals surface area contributed by atoms with Crippen molar-refractivity contribution in [3.8, 4) is 0 Å². The van der Waals surface area contributed by atoms with Gasteiger partial charge in [-0.1, -0.05) is 23.1 Å². The Morgan fingerprint density at radius 2 is 2.26 bits per heavy atom. The van der Waals surface area contributed by atoms with E-state index in [1.54, 1.807) is 4.90 Å².